The van der Waals surface area contributed by atoms with Crippen LogP contribution in [-0.2, 0) is 22.9 Å². The van der Waals surface area contributed by atoms with Crippen molar-refractivity contribution in [2.24, 2.45) is 0 Å². The maximum Gasteiger partial charge on any atom is 0.335 e. The fraction of sp³-hybridized carbons (Fsp3) is 0.160. The largest absolute Gasteiger partial charge is 0.478 e. The molecular formula is C25H22ClNO4S. The Morgan fingerprint density at radius 2 is 1.59 bits per heavy atom. The van der Waals surface area contributed by atoms with Crippen LogP contribution >= 0.6 is 11.6 Å². The monoisotopic (exact) mass is 467 g/mol. The number of fused-ring (bicyclic) bond motifs is 1. The molecule has 164 valence electrons. The molecular weight excluding hydrogens is 446 g/mol. The van der Waals surface area contributed by atoms with E-state index < -0.39 is 16.0 Å². The second-order valence-corrected chi connectivity index (χ2v) is 9.90. The van der Waals surface area contributed by atoms with E-state index in [1.165, 1.54) is 16.1 Å². The number of aromatic nitrogens is 1. The number of carbonyl (C=O) groups is 1. The third kappa shape index (κ3) is 4.29. The zero-order chi connectivity index (χ0) is 22.9. The van der Waals surface area contributed by atoms with Gasteiger partial charge in [0.2, 0.25) is 0 Å². The lowest BCUT2D eigenvalue weighted by Crippen LogP contribution is -2.16. The van der Waals surface area contributed by atoms with Crippen molar-refractivity contribution in [3.8, 4) is 0 Å². The number of aryl methyl sites for hydroxylation is 1. The van der Waals surface area contributed by atoms with Crippen LogP contribution in [0.4, 0.5) is 0 Å². The average Bonchev–Trinajstić information content (AvgIpc) is 3.12. The maximum absolute atomic E-state index is 13.7. The minimum absolute atomic E-state index is 0.181. The van der Waals surface area contributed by atoms with Gasteiger partial charge in [-0.25, -0.2) is 17.2 Å². The number of rotatable bonds is 7. The van der Waals surface area contributed by atoms with Crippen LogP contribution in [0.3, 0.4) is 0 Å². The van der Waals surface area contributed by atoms with Crippen molar-refractivity contribution in [1.82, 2.24) is 3.97 Å². The standard InChI is InChI=1S/C25H22ClNO4S/c1-2-3-17-6-11-23(12-7-17)32(30,31)27-22(16-20-15-21(26)10-13-24(20)27)14-18-4-8-19(9-5-18)25(28)29/h4-13,15-16H,2-3,14H2,1H3,(H,28,29). The van der Waals surface area contributed by atoms with Crippen LogP contribution in [-0.4, -0.2) is 23.5 Å². The Morgan fingerprint density at radius 1 is 0.938 bits per heavy atom. The molecule has 0 fully saturated rings. The molecule has 0 spiro atoms. The SMILES string of the molecule is CCCc1ccc(S(=O)(=O)n2c(Cc3ccc(C(=O)O)cc3)cc3cc(Cl)ccc32)cc1. The topological polar surface area (TPSA) is 76.4 Å². The van der Waals surface area contributed by atoms with E-state index >= 15 is 0 Å². The normalized spacial score (nSPS) is 11.7. The van der Waals surface area contributed by atoms with E-state index in [1.54, 1.807) is 42.5 Å². The molecule has 3 aromatic carbocycles. The van der Waals surface area contributed by atoms with Gasteiger partial charge in [-0.3, -0.25) is 0 Å². The lowest BCUT2D eigenvalue weighted by atomic mass is 10.1. The predicted octanol–water partition coefficient (Wildman–Crippen LogP) is 5.77. The molecule has 4 aromatic rings. The van der Waals surface area contributed by atoms with Crippen LogP contribution in [0, 0.1) is 0 Å². The van der Waals surface area contributed by atoms with Gasteiger partial charge in [0.25, 0.3) is 10.0 Å². The summed E-state index contributed by atoms with van der Waals surface area (Å²) < 4.78 is 28.7. The summed E-state index contributed by atoms with van der Waals surface area (Å²) in [5.74, 6) is -1.01. The molecule has 32 heavy (non-hydrogen) atoms. The van der Waals surface area contributed by atoms with Gasteiger partial charge in [0.15, 0.2) is 0 Å². The fourth-order valence-corrected chi connectivity index (χ4v) is 5.54. The van der Waals surface area contributed by atoms with Gasteiger partial charge >= 0.3 is 5.97 Å². The van der Waals surface area contributed by atoms with Crippen LogP contribution < -0.4 is 0 Å². The number of nitrogens with zero attached hydrogens (tertiary/aromatic N) is 1. The van der Waals surface area contributed by atoms with E-state index in [9.17, 15) is 13.2 Å². The van der Waals surface area contributed by atoms with Crippen LogP contribution in [0.25, 0.3) is 10.9 Å². The Balaban J connectivity index is 1.82. The molecule has 1 N–H and O–H groups in total. The third-order valence-electron chi connectivity index (χ3n) is 5.38. The van der Waals surface area contributed by atoms with Crippen molar-refractivity contribution in [1.29, 1.82) is 0 Å². The van der Waals surface area contributed by atoms with Crippen molar-refractivity contribution in [3.05, 3.63) is 100 Å². The highest BCUT2D eigenvalue weighted by Crippen LogP contribution is 2.29. The Bertz CT molecular complexity index is 1390. The Kier molecular flexibility index (Phi) is 6.09. The molecule has 0 saturated carbocycles. The van der Waals surface area contributed by atoms with Gasteiger partial charge in [0, 0.05) is 22.5 Å². The van der Waals surface area contributed by atoms with Crippen molar-refractivity contribution in [3.63, 3.8) is 0 Å². The summed E-state index contributed by atoms with van der Waals surface area (Å²) in [6.07, 6.45) is 2.20. The maximum atomic E-state index is 13.7. The number of hydrogen-bond donors (Lipinski definition) is 1. The predicted molar refractivity (Wildman–Crippen MR) is 126 cm³/mol. The van der Waals surface area contributed by atoms with Gasteiger partial charge < -0.3 is 5.11 Å². The first-order valence-corrected chi connectivity index (χ1v) is 12.1. The third-order valence-corrected chi connectivity index (χ3v) is 7.39. The second-order valence-electron chi connectivity index (χ2n) is 7.68. The lowest BCUT2D eigenvalue weighted by Gasteiger charge is -2.13. The van der Waals surface area contributed by atoms with Crippen molar-refractivity contribution < 1.29 is 18.3 Å². The Labute approximate surface area is 191 Å². The first-order valence-electron chi connectivity index (χ1n) is 10.3. The summed E-state index contributed by atoms with van der Waals surface area (Å²) in [7, 11) is -3.86. The van der Waals surface area contributed by atoms with Gasteiger partial charge in [-0.15, -0.1) is 0 Å². The molecule has 0 radical (unpaired) electrons. The lowest BCUT2D eigenvalue weighted by molar-refractivity contribution is 0.0697. The molecule has 5 nitrogen and oxygen atoms in total. The molecule has 0 bridgehead atoms. The van der Waals surface area contributed by atoms with E-state index in [2.05, 4.69) is 6.92 Å². The Hall–Kier alpha value is -3.09. The van der Waals surface area contributed by atoms with Crippen LogP contribution in [0.1, 0.15) is 40.5 Å². The quantitative estimate of drug-likeness (QED) is 0.374. The van der Waals surface area contributed by atoms with E-state index in [0.29, 0.717) is 22.7 Å². The van der Waals surface area contributed by atoms with Crippen LogP contribution in [0.15, 0.2) is 77.7 Å². The molecule has 4 rings (SSSR count). The van der Waals surface area contributed by atoms with E-state index in [4.69, 9.17) is 16.7 Å². The number of aromatic carboxylic acids is 1. The van der Waals surface area contributed by atoms with Crippen LogP contribution in [0.5, 0.6) is 0 Å². The summed E-state index contributed by atoms with van der Waals surface area (Å²) in [4.78, 5) is 11.3. The zero-order valence-electron chi connectivity index (χ0n) is 17.5. The minimum atomic E-state index is -3.86. The highest BCUT2D eigenvalue weighted by Gasteiger charge is 2.23. The summed E-state index contributed by atoms with van der Waals surface area (Å²) in [6.45, 7) is 2.08. The van der Waals surface area contributed by atoms with Crippen molar-refractivity contribution in [2.45, 2.75) is 31.1 Å². The summed E-state index contributed by atoms with van der Waals surface area (Å²) >= 11 is 6.15. The molecule has 7 heteroatoms. The molecule has 1 heterocycles. The number of halogens is 1. The number of carboxylic acids is 1. The van der Waals surface area contributed by atoms with E-state index in [1.807, 2.05) is 18.2 Å². The molecule has 0 aliphatic carbocycles. The van der Waals surface area contributed by atoms with Gasteiger partial charge in [0.05, 0.1) is 16.0 Å². The average molecular weight is 468 g/mol. The summed E-state index contributed by atoms with van der Waals surface area (Å²) in [6, 6.07) is 20.4. The van der Waals surface area contributed by atoms with Gasteiger partial charge in [-0.05, 0) is 66.1 Å². The smallest absolute Gasteiger partial charge is 0.335 e. The Morgan fingerprint density at radius 3 is 2.22 bits per heavy atom. The summed E-state index contributed by atoms with van der Waals surface area (Å²) in [5.41, 5.74) is 3.20. The van der Waals surface area contributed by atoms with E-state index in [-0.39, 0.29) is 10.5 Å². The zero-order valence-corrected chi connectivity index (χ0v) is 19.0. The highest BCUT2D eigenvalue weighted by molar-refractivity contribution is 7.90. The van der Waals surface area contributed by atoms with Crippen molar-refractivity contribution >= 4 is 38.5 Å². The highest BCUT2D eigenvalue weighted by atomic mass is 35.5. The van der Waals surface area contributed by atoms with Gasteiger partial charge in [0.1, 0.15) is 0 Å². The number of benzene rings is 3. The second kappa shape index (κ2) is 8.81. The van der Waals surface area contributed by atoms with Gasteiger partial charge in [-0.1, -0.05) is 49.2 Å². The molecule has 0 amide bonds. The molecule has 0 saturated heterocycles. The molecule has 0 aliphatic rings. The summed E-state index contributed by atoms with van der Waals surface area (Å²) in [5, 5.41) is 10.4. The first kappa shape index (κ1) is 22.1. The molecule has 0 aliphatic heterocycles. The number of carboxylic acid groups (broad SMARTS) is 1. The number of hydrogen-bond acceptors (Lipinski definition) is 3. The fourth-order valence-electron chi connectivity index (χ4n) is 3.82. The van der Waals surface area contributed by atoms with E-state index in [0.717, 1.165) is 29.4 Å². The van der Waals surface area contributed by atoms with Gasteiger partial charge in [-0.2, -0.15) is 0 Å². The molecule has 1 aromatic heterocycles. The molecule has 0 atom stereocenters. The molecule has 0 unspecified atom stereocenters. The van der Waals surface area contributed by atoms with Crippen LogP contribution in [0.2, 0.25) is 5.02 Å². The first-order chi connectivity index (χ1) is 15.3. The van der Waals surface area contributed by atoms with Crippen molar-refractivity contribution in [2.75, 3.05) is 0 Å². The minimum Gasteiger partial charge on any atom is -0.478 e.